The van der Waals surface area contributed by atoms with Gasteiger partial charge in [0.25, 0.3) is 5.56 Å². The zero-order chi connectivity index (χ0) is 20.4. The molecule has 2 aromatic heterocycles. The van der Waals surface area contributed by atoms with Crippen molar-refractivity contribution in [3.05, 3.63) is 76.6 Å². The molecule has 4 aromatic rings. The van der Waals surface area contributed by atoms with E-state index < -0.39 is 0 Å². The second kappa shape index (κ2) is 8.01. The Labute approximate surface area is 172 Å². The maximum Gasteiger partial charge on any atom is 0.262 e. The van der Waals surface area contributed by atoms with Crippen molar-refractivity contribution in [1.82, 2.24) is 9.55 Å². The molecule has 5 nitrogen and oxygen atoms in total. The third-order valence-electron chi connectivity index (χ3n) is 4.82. The second-order valence-corrected chi connectivity index (χ2v) is 8.05. The Morgan fingerprint density at radius 2 is 1.79 bits per heavy atom. The van der Waals surface area contributed by atoms with Crippen LogP contribution in [0.2, 0.25) is 0 Å². The summed E-state index contributed by atoms with van der Waals surface area (Å²) in [4.78, 5) is 31.1. The Balaban J connectivity index is 1.87. The molecule has 29 heavy (non-hydrogen) atoms. The van der Waals surface area contributed by atoms with Crippen LogP contribution in [0.3, 0.4) is 0 Å². The molecule has 0 atom stereocenters. The fourth-order valence-corrected chi connectivity index (χ4v) is 4.33. The molecule has 0 saturated heterocycles. The third kappa shape index (κ3) is 3.98. The quantitative estimate of drug-likeness (QED) is 0.519. The molecule has 2 heterocycles. The molecule has 0 bridgehead atoms. The van der Waals surface area contributed by atoms with Gasteiger partial charge in [-0.15, -0.1) is 11.3 Å². The van der Waals surface area contributed by atoms with Crippen LogP contribution in [0.5, 0.6) is 0 Å². The number of hydrogen-bond donors (Lipinski definition) is 1. The van der Waals surface area contributed by atoms with E-state index in [1.807, 2.05) is 67.6 Å². The molecule has 2 N–H and O–H groups in total. The molecule has 2 aromatic carbocycles. The summed E-state index contributed by atoms with van der Waals surface area (Å²) < 4.78 is 1.66. The van der Waals surface area contributed by atoms with Crippen molar-refractivity contribution in [3.8, 4) is 21.8 Å². The summed E-state index contributed by atoms with van der Waals surface area (Å²) in [6, 6.07) is 19.8. The zero-order valence-electron chi connectivity index (χ0n) is 16.1. The average Bonchev–Trinajstić information content (AvgIpc) is 3.15. The highest BCUT2D eigenvalue weighted by molar-refractivity contribution is 7.21. The minimum absolute atomic E-state index is 0.0894. The first-order valence-electron chi connectivity index (χ1n) is 9.48. The molecule has 4 rings (SSSR count). The number of carbonyl (C=O) groups is 1. The first kappa shape index (κ1) is 19.1. The van der Waals surface area contributed by atoms with Crippen molar-refractivity contribution in [2.24, 2.45) is 5.73 Å². The summed E-state index contributed by atoms with van der Waals surface area (Å²) >= 11 is 1.52. The summed E-state index contributed by atoms with van der Waals surface area (Å²) in [6.07, 6.45) is 0.730. The molecule has 146 valence electrons. The predicted octanol–water partition coefficient (Wildman–Crippen LogP) is 4.37. The second-order valence-electron chi connectivity index (χ2n) is 7.02. The van der Waals surface area contributed by atoms with Crippen LogP contribution in [0.15, 0.2) is 65.5 Å². The van der Waals surface area contributed by atoms with Gasteiger partial charge in [0.05, 0.1) is 5.39 Å². The van der Waals surface area contributed by atoms with E-state index in [0.717, 1.165) is 26.4 Å². The minimum Gasteiger partial charge on any atom is -0.370 e. The van der Waals surface area contributed by atoms with E-state index in [-0.39, 0.29) is 17.9 Å². The molecule has 1 amide bonds. The van der Waals surface area contributed by atoms with Crippen molar-refractivity contribution in [2.75, 3.05) is 0 Å². The molecule has 0 radical (unpaired) electrons. The smallest absolute Gasteiger partial charge is 0.262 e. The van der Waals surface area contributed by atoms with Crippen molar-refractivity contribution < 1.29 is 4.79 Å². The lowest BCUT2D eigenvalue weighted by Crippen LogP contribution is -2.24. The number of aryl methyl sites for hydroxylation is 1. The van der Waals surface area contributed by atoms with Crippen LogP contribution < -0.4 is 11.3 Å². The summed E-state index contributed by atoms with van der Waals surface area (Å²) in [5, 5.41) is 0.601. The van der Waals surface area contributed by atoms with E-state index >= 15 is 0 Å². The summed E-state index contributed by atoms with van der Waals surface area (Å²) in [5.74, 6) is 0.249. The summed E-state index contributed by atoms with van der Waals surface area (Å²) in [6.45, 7) is 2.41. The molecule has 0 fully saturated rings. The lowest BCUT2D eigenvalue weighted by atomic mass is 10.1. The number of hydrogen-bond acceptors (Lipinski definition) is 4. The molecular weight excluding hydrogens is 382 g/mol. The van der Waals surface area contributed by atoms with Gasteiger partial charge < -0.3 is 5.73 Å². The summed E-state index contributed by atoms with van der Waals surface area (Å²) in [7, 11) is 0. The number of rotatable bonds is 6. The number of amides is 1. The number of fused-ring (bicyclic) bond motifs is 1. The topological polar surface area (TPSA) is 78.0 Å². The normalized spacial score (nSPS) is 11.1. The van der Waals surface area contributed by atoms with E-state index in [4.69, 9.17) is 10.7 Å². The molecule has 0 spiro atoms. The highest BCUT2D eigenvalue weighted by Crippen LogP contribution is 2.32. The van der Waals surface area contributed by atoms with Gasteiger partial charge in [-0.3, -0.25) is 14.2 Å². The van der Waals surface area contributed by atoms with Crippen molar-refractivity contribution in [3.63, 3.8) is 0 Å². The molecule has 0 aliphatic heterocycles. The van der Waals surface area contributed by atoms with Gasteiger partial charge >= 0.3 is 0 Å². The standard InChI is InChI=1S/C23H21N3O2S/c1-15-9-11-17(12-10-15)21-25-22-18(23(28)26(21)13-5-8-20(24)27)14-19(29-22)16-6-3-2-4-7-16/h2-4,6-7,9-12,14H,5,8,13H2,1H3,(H2,24,27). The molecule has 0 aliphatic rings. The fraction of sp³-hybridized carbons (Fsp3) is 0.174. The van der Waals surface area contributed by atoms with Gasteiger partial charge in [0.1, 0.15) is 10.7 Å². The van der Waals surface area contributed by atoms with Crippen molar-refractivity contribution in [1.29, 1.82) is 0 Å². The van der Waals surface area contributed by atoms with E-state index in [1.165, 1.54) is 11.3 Å². The van der Waals surface area contributed by atoms with Gasteiger partial charge in [-0.25, -0.2) is 4.98 Å². The Hall–Kier alpha value is -3.25. The Bertz CT molecular complexity index is 1220. The van der Waals surface area contributed by atoms with Crippen LogP contribution in [0.4, 0.5) is 0 Å². The number of nitrogens with two attached hydrogens (primary N) is 1. The van der Waals surface area contributed by atoms with Gasteiger partial charge in [0, 0.05) is 23.4 Å². The monoisotopic (exact) mass is 403 g/mol. The van der Waals surface area contributed by atoms with Crippen LogP contribution in [0.1, 0.15) is 18.4 Å². The number of nitrogens with zero attached hydrogens (tertiary/aromatic N) is 2. The van der Waals surface area contributed by atoms with Crippen molar-refractivity contribution in [2.45, 2.75) is 26.3 Å². The molecule has 0 saturated carbocycles. The van der Waals surface area contributed by atoms with Gasteiger partial charge in [0.15, 0.2) is 0 Å². The van der Waals surface area contributed by atoms with E-state index in [9.17, 15) is 9.59 Å². The maximum atomic E-state index is 13.3. The lowest BCUT2D eigenvalue weighted by molar-refractivity contribution is -0.118. The van der Waals surface area contributed by atoms with Gasteiger partial charge in [-0.05, 0) is 25.0 Å². The summed E-state index contributed by atoms with van der Waals surface area (Å²) in [5.41, 5.74) is 8.27. The maximum absolute atomic E-state index is 13.3. The molecular formula is C23H21N3O2S. The van der Waals surface area contributed by atoms with Crippen LogP contribution in [0, 0.1) is 6.92 Å². The average molecular weight is 404 g/mol. The Morgan fingerprint density at radius 3 is 2.48 bits per heavy atom. The molecule has 0 unspecified atom stereocenters. The first-order chi connectivity index (χ1) is 14.0. The van der Waals surface area contributed by atoms with E-state index in [0.29, 0.717) is 24.2 Å². The van der Waals surface area contributed by atoms with E-state index in [1.54, 1.807) is 4.57 Å². The lowest BCUT2D eigenvalue weighted by Gasteiger charge is -2.12. The highest BCUT2D eigenvalue weighted by Gasteiger charge is 2.16. The number of carbonyl (C=O) groups excluding carboxylic acids is 1. The number of aromatic nitrogens is 2. The van der Waals surface area contributed by atoms with Gasteiger partial charge in [-0.1, -0.05) is 60.2 Å². The van der Waals surface area contributed by atoms with Gasteiger partial charge in [-0.2, -0.15) is 0 Å². The largest absolute Gasteiger partial charge is 0.370 e. The van der Waals surface area contributed by atoms with Crippen LogP contribution in [-0.2, 0) is 11.3 Å². The van der Waals surface area contributed by atoms with Gasteiger partial charge in [0.2, 0.25) is 5.91 Å². The number of benzene rings is 2. The Kier molecular flexibility index (Phi) is 5.27. The fourth-order valence-electron chi connectivity index (χ4n) is 3.30. The Morgan fingerprint density at radius 1 is 1.07 bits per heavy atom. The number of primary amides is 1. The SMILES string of the molecule is Cc1ccc(-c2nc3sc(-c4ccccc4)cc3c(=O)n2CCCC(N)=O)cc1. The van der Waals surface area contributed by atoms with E-state index in [2.05, 4.69) is 0 Å². The third-order valence-corrected chi connectivity index (χ3v) is 5.90. The minimum atomic E-state index is -0.370. The van der Waals surface area contributed by atoms with Crippen LogP contribution in [0.25, 0.3) is 32.0 Å². The highest BCUT2D eigenvalue weighted by atomic mass is 32.1. The van der Waals surface area contributed by atoms with Crippen LogP contribution in [-0.4, -0.2) is 15.5 Å². The van der Waals surface area contributed by atoms with Crippen LogP contribution >= 0.6 is 11.3 Å². The first-order valence-corrected chi connectivity index (χ1v) is 10.3. The molecule has 0 aliphatic carbocycles. The zero-order valence-corrected chi connectivity index (χ0v) is 16.9. The predicted molar refractivity (Wildman–Crippen MR) is 118 cm³/mol. The molecule has 6 heteroatoms. The number of thiophene rings is 1. The van der Waals surface area contributed by atoms with Crippen molar-refractivity contribution >= 4 is 27.5 Å².